The van der Waals surface area contributed by atoms with Crippen LogP contribution in [0.25, 0.3) is 5.69 Å². The van der Waals surface area contributed by atoms with Crippen molar-refractivity contribution in [3.8, 4) is 5.69 Å². The van der Waals surface area contributed by atoms with Gasteiger partial charge < -0.3 is 4.57 Å². The molecule has 0 unspecified atom stereocenters. The van der Waals surface area contributed by atoms with Gasteiger partial charge in [-0.15, -0.1) is 0 Å². The van der Waals surface area contributed by atoms with Gasteiger partial charge in [-0.3, -0.25) is 9.78 Å². The van der Waals surface area contributed by atoms with Crippen LogP contribution in [0.4, 0.5) is 4.39 Å². The van der Waals surface area contributed by atoms with Crippen molar-refractivity contribution in [2.45, 2.75) is 20.3 Å². The number of carbonyl (C=O) groups is 1. The van der Waals surface area contributed by atoms with Crippen molar-refractivity contribution in [3.05, 3.63) is 70.5 Å². The molecule has 3 heterocycles. The van der Waals surface area contributed by atoms with Gasteiger partial charge in [-0.1, -0.05) is 11.6 Å². The average molecular weight is 345 g/mol. The number of nitrogens with zero attached hydrogens (tertiary/aromatic N) is 4. The average Bonchev–Trinajstić information content (AvgIpc) is 2.94. The quantitative estimate of drug-likeness (QED) is 0.537. The lowest BCUT2D eigenvalue weighted by molar-refractivity contribution is 0.0987. The highest BCUT2D eigenvalue weighted by molar-refractivity contribution is 6.29. The predicted molar refractivity (Wildman–Crippen MR) is 88.1 cm³/mol. The van der Waals surface area contributed by atoms with Crippen LogP contribution in [0.5, 0.6) is 0 Å². The molecule has 0 atom stereocenters. The highest BCUT2D eigenvalue weighted by Gasteiger charge is 2.18. The second kappa shape index (κ2) is 6.49. The fourth-order valence-electron chi connectivity index (χ4n) is 2.39. The second-order valence-corrected chi connectivity index (χ2v) is 5.74. The van der Waals surface area contributed by atoms with Gasteiger partial charge in [0.15, 0.2) is 16.8 Å². The number of Topliss-reactive ketones (excluding diaryl/α,β-unsaturated/α-hetero) is 1. The number of pyridine rings is 2. The Kier molecular flexibility index (Phi) is 4.40. The number of halogens is 2. The van der Waals surface area contributed by atoms with Crippen molar-refractivity contribution in [1.29, 1.82) is 0 Å². The summed E-state index contributed by atoms with van der Waals surface area (Å²) >= 11 is 5.65. The molecule has 3 aromatic heterocycles. The normalized spacial score (nSPS) is 10.8. The van der Waals surface area contributed by atoms with Crippen LogP contribution in [-0.4, -0.2) is 25.3 Å². The maximum Gasteiger partial charge on any atom is 0.187 e. The number of aromatic nitrogens is 4. The molecular weight excluding hydrogens is 331 g/mol. The van der Waals surface area contributed by atoms with E-state index >= 15 is 0 Å². The van der Waals surface area contributed by atoms with E-state index in [1.54, 1.807) is 24.0 Å². The summed E-state index contributed by atoms with van der Waals surface area (Å²) in [5, 5.41) is -0.242. The third-order valence-corrected chi connectivity index (χ3v) is 3.99. The number of hydrogen-bond donors (Lipinski definition) is 0. The summed E-state index contributed by atoms with van der Waals surface area (Å²) in [6.45, 7) is 3.68. The standard InChI is InChI=1S/C17H14ClFN4O/c1-10-3-4-13(8-21-10)23-9-22-16(11(23)2)14(24)7-12-5-6-20-17(18)15(12)19/h3-6,8-9H,7H2,1-2H3. The molecule has 0 amide bonds. The van der Waals surface area contributed by atoms with Crippen LogP contribution < -0.4 is 0 Å². The van der Waals surface area contributed by atoms with Gasteiger partial charge in [0.25, 0.3) is 0 Å². The Morgan fingerprint density at radius 2 is 2.00 bits per heavy atom. The highest BCUT2D eigenvalue weighted by Crippen LogP contribution is 2.19. The van der Waals surface area contributed by atoms with Crippen LogP contribution in [0.3, 0.4) is 0 Å². The first-order valence-electron chi connectivity index (χ1n) is 7.26. The van der Waals surface area contributed by atoms with E-state index in [1.165, 1.54) is 12.3 Å². The molecule has 0 aromatic carbocycles. The van der Waals surface area contributed by atoms with Crippen LogP contribution in [-0.2, 0) is 6.42 Å². The maximum absolute atomic E-state index is 13.9. The smallest absolute Gasteiger partial charge is 0.187 e. The molecule has 7 heteroatoms. The number of ketones is 1. The summed E-state index contributed by atoms with van der Waals surface area (Å²) in [5.74, 6) is -0.958. The number of carbonyl (C=O) groups excluding carboxylic acids is 1. The van der Waals surface area contributed by atoms with Gasteiger partial charge in [0.1, 0.15) is 12.0 Å². The van der Waals surface area contributed by atoms with Gasteiger partial charge in [0.2, 0.25) is 0 Å². The number of hydrogen-bond acceptors (Lipinski definition) is 4. The van der Waals surface area contributed by atoms with E-state index in [-0.39, 0.29) is 22.9 Å². The van der Waals surface area contributed by atoms with Gasteiger partial charge in [0.05, 0.1) is 17.6 Å². The van der Waals surface area contributed by atoms with E-state index < -0.39 is 5.82 Å². The van der Waals surface area contributed by atoms with E-state index in [0.717, 1.165) is 11.4 Å². The Morgan fingerprint density at radius 1 is 1.21 bits per heavy atom. The van der Waals surface area contributed by atoms with E-state index in [2.05, 4.69) is 15.0 Å². The van der Waals surface area contributed by atoms with Crippen molar-refractivity contribution in [2.24, 2.45) is 0 Å². The molecule has 0 aliphatic rings. The van der Waals surface area contributed by atoms with Crippen molar-refractivity contribution in [2.75, 3.05) is 0 Å². The molecule has 3 rings (SSSR count). The number of rotatable bonds is 4. The van der Waals surface area contributed by atoms with Crippen molar-refractivity contribution >= 4 is 17.4 Å². The molecule has 122 valence electrons. The Labute approximate surface area is 143 Å². The zero-order chi connectivity index (χ0) is 17.3. The monoisotopic (exact) mass is 344 g/mol. The Hall–Kier alpha value is -2.60. The van der Waals surface area contributed by atoms with Crippen molar-refractivity contribution in [3.63, 3.8) is 0 Å². The SMILES string of the molecule is Cc1ccc(-n2cnc(C(=O)Cc3ccnc(Cl)c3F)c2C)cn1. The molecule has 0 saturated carbocycles. The third kappa shape index (κ3) is 3.05. The van der Waals surface area contributed by atoms with E-state index in [9.17, 15) is 9.18 Å². The molecule has 0 aliphatic carbocycles. The third-order valence-electron chi connectivity index (χ3n) is 3.72. The molecule has 0 spiro atoms. The molecule has 0 bridgehead atoms. The van der Waals surface area contributed by atoms with Crippen LogP contribution in [0.2, 0.25) is 5.15 Å². The van der Waals surface area contributed by atoms with Crippen molar-refractivity contribution in [1.82, 2.24) is 19.5 Å². The zero-order valence-corrected chi connectivity index (χ0v) is 13.9. The lowest BCUT2D eigenvalue weighted by atomic mass is 10.1. The summed E-state index contributed by atoms with van der Waals surface area (Å²) in [6.07, 6.45) is 4.51. The molecule has 0 radical (unpaired) electrons. The first kappa shape index (κ1) is 16.3. The molecule has 0 fully saturated rings. The topological polar surface area (TPSA) is 60.7 Å². The molecule has 0 saturated heterocycles. The summed E-state index contributed by atoms with van der Waals surface area (Å²) < 4.78 is 15.7. The van der Waals surface area contributed by atoms with Gasteiger partial charge >= 0.3 is 0 Å². The summed E-state index contributed by atoms with van der Waals surface area (Å²) in [7, 11) is 0. The van der Waals surface area contributed by atoms with E-state index in [0.29, 0.717) is 11.4 Å². The first-order chi connectivity index (χ1) is 11.5. The van der Waals surface area contributed by atoms with Crippen LogP contribution in [0, 0.1) is 19.7 Å². The Balaban J connectivity index is 1.89. The summed E-state index contributed by atoms with van der Waals surface area (Å²) in [5.41, 5.74) is 2.88. The molecule has 0 N–H and O–H groups in total. The predicted octanol–water partition coefficient (Wildman–Crippen LogP) is 3.50. The molecule has 3 aromatic rings. The van der Waals surface area contributed by atoms with Gasteiger partial charge in [-0.2, -0.15) is 0 Å². The van der Waals surface area contributed by atoms with E-state index in [4.69, 9.17) is 11.6 Å². The lowest BCUT2D eigenvalue weighted by Crippen LogP contribution is -2.09. The summed E-state index contributed by atoms with van der Waals surface area (Å²) in [4.78, 5) is 24.5. The Morgan fingerprint density at radius 3 is 2.71 bits per heavy atom. The van der Waals surface area contributed by atoms with Gasteiger partial charge in [0, 0.05) is 23.9 Å². The number of imidazole rings is 1. The van der Waals surface area contributed by atoms with Crippen molar-refractivity contribution < 1.29 is 9.18 Å². The fraction of sp³-hybridized carbons (Fsp3) is 0.176. The lowest BCUT2D eigenvalue weighted by Gasteiger charge is -2.06. The molecule has 0 aliphatic heterocycles. The number of aryl methyl sites for hydroxylation is 1. The Bertz CT molecular complexity index is 905. The van der Waals surface area contributed by atoms with Crippen LogP contribution in [0.15, 0.2) is 36.9 Å². The second-order valence-electron chi connectivity index (χ2n) is 5.38. The molecular formula is C17H14ClFN4O. The fourth-order valence-corrected chi connectivity index (χ4v) is 2.57. The summed E-state index contributed by atoms with van der Waals surface area (Å²) in [6, 6.07) is 5.22. The van der Waals surface area contributed by atoms with Crippen LogP contribution >= 0.6 is 11.6 Å². The largest absolute Gasteiger partial charge is 0.301 e. The minimum absolute atomic E-state index is 0.127. The first-order valence-corrected chi connectivity index (χ1v) is 7.64. The molecule has 5 nitrogen and oxygen atoms in total. The zero-order valence-electron chi connectivity index (χ0n) is 13.1. The van der Waals surface area contributed by atoms with E-state index in [1.807, 2.05) is 19.1 Å². The van der Waals surface area contributed by atoms with Crippen LogP contribution in [0.1, 0.15) is 27.4 Å². The maximum atomic E-state index is 13.9. The minimum atomic E-state index is -0.674. The molecule has 24 heavy (non-hydrogen) atoms. The van der Waals surface area contributed by atoms with Gasteiger partial charge in [-0.25, -0.2) is 14.4 Å². The highest BCUT2D eigenvalue weighted by atomic mass is 35.5. The van der Waals surface area contributed by atoms with Gasteiger partial charge in [-0.05, 0) is 32.0 Å². The minimum Gasteiger partial charge on any atom is -0.301 e.